The van der Waals surface area contributed by atoms with Gasteiger partial charge in [0.25, 0.3) is 0 Å². The van der Waals surface area contributed by atoms with Crippen LogP contribution < -0.4 is 0 Å². The highest BCUT2D eigenvalue weighted by Gasteiger charge is 2.21. The predicted octanol–water partition coefficient (Wildman–Crippen LogP) is 1.60. The van der Waals surface area contributed by atoms with Gasteiger partial charge >= 0.3 is 5.97 Å². The molecule has 0 fully saturated rings. The molecule has 0 saturated heterocycles. The molecule has 2 atom stereocenters. The molecule has 0 radical (unpaired) electrons. The molecule has 0 spiro atoms. The highest BCUT2D eigenvalue weighted by molar-refractivity contribution is 5.69. The van der Waals surface area contributed by atoms with Gasteiger partial charge in [-0.15, -0.1) is 0 Å². The van der Waals surface area contributed by atoms with E-state index in [0.717, 1.165) is 6.42 Å². The molecule has 0 aromatic heterocycles. The van der Waals surface area contributed by atoms with Crippen LogP contribution in [0.5, 0.6) is 0 Å². The van der Waals surface area contributed by atoms with E-state index < -0.39 is 5.97 Å². The van der Waals surface area contributed by atoms with E-state index in [9.17, 15) is 4.79 Å². The van der Waals surface area contributed by atoms with E-state index in [1.165, 1.54) is 0 Å². The van der Waals surface area contributed by atoms with Crippen LogP contribution in [0.15, 0.2) is 0 Å². The minimum atomic E-state index is -0.779. The van der Waals surface area contributed by atoms with Crippen molar-refractivity contribution in [1.82, 2.24) is 4.90 Å². The van der Waals surface area contributed by atoms with E-state index in [2.05, 4.69) is 6.92 Å². The van der Waals surface area contributed by atoms with Gasteiger partial charge < -0.3 is 9.84 Å². The molecule has 0 amide bonds. The highest BCUT2D eigenvalue weighted by Crippen LogP contribution is 2.09. The summed E-state index contributed by atoms with van der Waals surface area (Å²) in [6, 6.07) is 0.424. The van der Waals surface area contributed by atoms with Crippen LogP contribution in [0.3, 0.4) is 0 Å². The maximum Gasteiger partial charge on any atom is 0.317 e. The van der Waals surface area contributed by atoms with E-state index >= 15 is 0 Å². The summed E-state index contributed by atoms with van der Waals surface area (Å²) in [5.74, 6) is -0.779. The Bertz CT molecular complexity index is 185. The van der Waals surface area contributed by atoms with Gasteiger partial charge in [0, 0.05) is 18.7 Å². The van der Waals surface area contributed by atoms with Crippen molar-refractivity contribution in [2.45, 2.75) is 46.2 Å². The fraction of sp³-hybridized carbons (Fsp3) is 0.909. The predicted molar refractivity (Wildman–Crippen MR) is 60.0 cm³/mol. The maximum absolute atomic E-state index is 10.7. The third-order valence-corrected chi connectivity index (χ3v) is 2.60. The Morgan fingerprint density at radius 3 is 2.33 bits per heavy atom. The number of ether oxygens (including phenoxy) is 1. The van der Waals surface area contributed by atoms with Gasteiger partial charge in [-0.1, -0.05) is 6.92 Å². The van der Waals surface area contributed by atoms with Gasteiger partial charge in [-0.05, 0) is 27.2 Å². The second-order valence-corrected chi connectivity index (χ2v) is 3.83. The van der Waals surface area contributed by atoms with E-state index in [-0.39, 0.29) is 18.6 Å². The number of hydrogen-bond acceptors (Lipinski definition) is 3. The number of carbonyl (C=O) groups is 1. The SMILES string of the molecule is CCOCC(C)N(CC(=O)O)C(C)CC. The molecule has 0 heterocycles. The second-order valence-electron chi connectivity index (χ2n) is 3.83. The Hall–Kier alpha value is -0.610. The normalized spacial score (nSPS) is 15.3. The van der Waals surface area contributed by atoms with Gasteiger partial charge in [0.05, 0.1) is 13.2 Å². The first-order chi connectivity index (χ1) is 7.02. The zero-order valence-corrected chi connectivity index (χ0v) is 10.2. The van der Waals surface area contributed by atoms with Crippen molar-refractivity contribution >= 4 is 5.97 Å². The van der Waals surface area contributed by atoms with Gasteiger partial charge in [0.15, 0.2) is 0 Å². The molecule has 1 N–H and O–H groups in total. The number of nitrogens with zero attached hydrogens (tertiary/aromatic N) is 1. The summed E-state index contributed by atoms with van der Waals surface area (Å²) in [6.07, 6.45) is 0.948. The van der Waals surface area contributed by atoms with E-state index in [1.807, 2.05) is 25.7 Å². The molecule has 2 unspecified atom stereocenters. The number of rotatable bonds is 8. The molecule has 0 aliphatic carbocycles. The van der Waals surface area contributed by atoms with E-state index in [0.29, 0.717) is 13.2 Å². The standard InChI is InChI=1S/C11H23NO3/c1-5-9(3)12(7-11(13)14)10(4)8-15-6-2/h9-10H,5-8H2,1-4H3,(H,13,14). The van der Waals surface area contributed by atoms with Gasteiger partial charge in [0.1, 0.15) is 0 Å². The zero-order chi connectivity index (χ0) is 11.8. The molecule has 15 heavy (non-hydrogen) atoms. The van der Waals surface area contributed by atoms with Crippen molar-refractivity contribution in [2.24, 2.45) is 0 Å². The summed E-state index contributed by atoms with van der Waals surface area (Å²) in [5, 5.41) is 8.82. The summed E-state index contributed by atoms with van der Waals surface area (Å²) in [4.78, 5) is 12.7. The van der Waals surface area contributed by atoms with Crippen LogP contribution in [0, 0.1) is 0 Å². The van der Waals surface area contributed by atoms with Gasteiger partial charge in [-0.2, -0.15) is 0 Å². The average molecular weight is 217 g/mol. The van der Waals surface area contributed by atoms with Crippen LogP contribution in [-0.4, -0.2) is 47.8 Å². The third-order valence-electron chi connectivity index (χ3n) is 2.60. The van der Waals surface area contributed by atoms with Gasteiger partial charge in [-0.3, -0.25) is 9.69 Å². The number of carboxylic acids is 1. The summed E-state index contributed by atoms with van der Waals surface area (Å²) >= 11 is 0. The molecule has 0 aliphatic rings. The van der Waals surface area contributed by atoms with Crippen molar-refractivity contribution in [1.29, 1.82) is 0 Å². The summed E-state index contributed by atoms with van der Waals surface area (Å²) in [7, 11) is 0. The second kappa shape index (κ2) is 7.65. The smallest absolute Gasteiger partial charge is 0.317 e. The molecule has 4 heteroatoms. The summed E-state index contributed by atoms with van der Waals surface area (Å²) in [5.41, 5.74) is 0. The minimum Gasteiger partial charge on any atom is -0.480 e. The van der Waals surface area contributed by atoms with Gasteiger partial charge in [0.2, 0.25) is 0 Å². The minimum absolute atomic E-state index is 0.0866. The lowest BCUT2D eigenvalue weighted by atomic mass is 10.1. The molecular weight excluding hydrogens is 194 g/mol. The van der Waals surface area contributed by atoms with E-state index in [1.54, 1.807) is 0 Å². The molecule has 0 rings (SSSR count). The van der Waals surface area contributed by atoms with Crippen molar-refractivity contribution in [3.8, 4) is 0 Å². The Kier molecular flexibility index (Phi) is 7.34. The molecule has 0 aromatic rings. The number of hydrogen-bond donors (Lipinski definition) is 1. The molecule has 4 nitrogen and oxygen atoms in total. The Morgan fingerprint density at radius 2 is 1.93 bits per heavy atom. The Balaban J connectivity index is 4.26. The number of carboxylic acid groups (broad SMARTS) is 1. The molecule has 0 bridgehead atoms. The third kappa shape index (κ3) is 5.74. The highest BCUT2D eigenvalue weighted by atomic mass is 16.5. The van der Waals surface area contributed by atoms with Crippen LogP contribution in [0.25, 0.3) is 0 Å². The van der Waals surface area contributed by atoms with Crippen molar-refractivity contribution in [3.63, 3.8) is 0 Å². The van der Waals surface area contributed by atoms with Crippen LogP contribution in [-0.2, 0) is 9.53 Å². The lowest BCUT2D eigenvalue weighted by Crippen LogP contribution is -2.45. The molecule has 0 aromatic carbocycles. The summed E-state index contributed by atoms with van der Waals surface area (Å²) < 4.78 is 5.32. The molecule has 0 saturated carbocycles. The molecule has 90 valence electrons. The first-order valence-corrected chi connectivity index (χ1v) is 5.58. The monoisotopic (exact) mass is 217 g/mol. The van der Waals surface area contributed by atoms with E-state index in [4.69, 9.17) is 9.84 Å². The molecule has 0 aliphatic heterocycles. The average Bonchev–Trinajstić information content (AvgIpc) is 2.21. The topological polar surface area (TPSA) is 49.8 Å². The molecular formula is C11H23NO3. The van der Waals surface area contributed by atoms with Crippen molar-refractivity contribution in [2.75, 3.05) is 19.8 Å². The Morgan fingerprint density at radius 1 is 1.33 bits per heavy atom. The zero-order valence-electron chi connectivity index (χ0n) is 10.2. The lowest BCUT2D eigenvalue weighted by molar-refractivity contribution is -0.140. The fourth-order valence-electron chi connectivity index (χ4n) is 1.52. The van der Waals surface area contributed by atoms with Gasteiger partial charge in [-0.25, -0.2) is 0 Å². The fourth-order valence-corrected chi connectivity index (χ4v) is 1.52. The largest absolute Gasteiger partial charge is 0.480 e. The van der Waals surface area contributed by atoms with Crippen LogP contribution in [0.4, 0.5) is 0 Å². The van der Waals surface area contributed by atoms with Crippen LogP contribution in [0.2, 0.25) is 0 Å². The summed E-state index contributed by atoms with van der Waals surface area (Å²) in [6.45, 7) is 9.41. The first kappa shape index (κ1) is 14.4. The van der Waals surface area contributed by atoms with Crippen LogP contribution in [0.1, 0.15) is 34.1 Å². The van der Waals surface area contributed by atoms with Crippen LogP contribution >= 0.6 is 0 Å². The van der Waals surface area contributed by atoms with Crippen molar-refractivity contribution in [3.05, 3.63) is 0 Å². The first-order valence-electron chi connectivity index (χ1n) is 5.58. The quantitative estimate of drug-likeness (QED) is 0.671. The lowest BCUT2D eigenvalue weighted by Gasteiger charge is -2.32. The Labute approximate surface area is 92.2 Å². The number of aliphatic carboxylic acids is 1. The maximum atomic E-state index is 10.7. The van der Waals surface area contributed by atoms with Crippen molar-refractivity contribution < 1.29 is 14.6 Å².